The fourth-order valence-electron chi connectivity index (χ4n) is 1.68. The molecule has 1 fully saturated rings. The Bertz CT molecular complexity index is 429. The van der Waals surface area contributed by atoms with Gasteiger partial charge in [0.25, 0.3) is 4.71 Å². The Labute approximate surface area is 105 Å². The predicted octanol–water partition coefficient (Wildman–Crippen LogP) is 0.950. The van der Waals surface area contributed by atoms with Gasteiger partial charge in [-0.1, -0.05) is 0 Å². The minimum absolute atomic E-state index is 0.245. The normalized spacial score (nSPS) is 17.2. The van der Waals surface area contributed by atoms with Crippen LogP contribution in [0.15, 0.2) is 4.52 Å². The summed E-state index contributed by atoms with van der Waals surface area (Å²) >= 11 is 5.10. The van der Waals surface area contributed by atoms with Crippen molar-refractivity contribution in [2.45, 2.75) is 6.92 Å². The van der Waals surface area contributed by atoms with E-state index in [0.29, 0.717) is 17.1 Å². The lowest BCUT2D eigenvalue weighted by Gasteiger charge is -2.32. The maximum absolute atomic E-state index is 5.21. The van der Waals surface area contributed by atoms with Crippen LogP contribution in [0.25, 0.3) is 0 Å². The number of hydrogen-bond donors (Lipinski definition) is 0. The summed E-state index contributed by atoms with van der Waals surface area (Å²) in [5.41, 5.74) is 0. The first-order valence-corrected chi connectivity index (χ1v) is 6.06. The summed E-state index contributed by atoms with van der Waals surface area (Å²) in [5, 5.41) is 3.69. The van der Waals surface area contributed by atoms with Gasteiger partial charge in [-0.15, -0.1) is 0 Å². The summed E-state index contributed by atoms with van der Waals surface area (Å²) in [7, 11) is 2.10. The number of rotatable bonds is 3. The van der Waals surface area contributed by atoms with Crippen LogP contribution in [0.5, 0.6) is 6.01 Å². The van der Waals surface area contributed by atoms with Gasteiger partial charge in [0.15, 0.2) is 5.82 Å². The average molecular weight is 256 g/mol. The van der Waals surface area contributed by atoms with Gasteiger partial charge < -0.3 is 19.1 Å². The number of anilines is 1. The average Bonchev–Trinajstić information content (AvgIpc) is 2.33. The van der Waals surface area contributed by atoms with Crippen molar-refractivity contribution in [1.82, 2.24) is 15.0 Å². The zero-order valence-electron chi connectivity index (χ0n) is 10.0. The maximum atomic E-state index is 5.21. The summed E-state index contributed by atoms with van der Waals surface area (Å²) in [6.07, 6.45) is 0. The summed E-state index contributed by atoms with van der Waals surface area (Å²) in [5.74, 6) is 0.659. The Morgan fingerprint density at radius 3 is 2.71 bits per heavy atom. The molecule has 1 aliphatic heterocycles. The third-order valence-electron chi connectivity index (χ3n) is 2.67. The Morgan fingerprint density at radius 1 is 1.35 bits per heavy atom. The highest BCUT2D eigenvalue weighted by atomic mass is 32.1. The summed E-state index contributed by atoms with van der Waals surface area (Å²) < 4.78 is 10.6. The van der Waals surface area contributed by atoms with Gasteiger partial charge in [-0.25, -0.2) is 0 Å². The molecular formula is C10H16N4O2S. The van der Waals surface area contributed by atoms with E-state index in [2.05, 4.69) is 27.0 Å². The smallest absolute Gasteiger partial charge is 0.353 e. The molecular weight excluding hydrogens is 240 g/mol. The molecule has 0 N–H and O–H groups in total. The Balaban J connectivity index is 2.19. The first-order chi connectivity index (χ1) is 8.20. The third-order valence-corrected chi connectivity index (χ3v) is 2.92. The molecule has 0 radical (unpaired) electrons. The van der Waals surface area contributed by atoms with Crippen LogP contribution in [0.4, 0.5) is 5.82 Å². The van der Waals surface area contributed by atoms with E-state index in [4.69, 9.17) is 21.5 Å². The standard InChI is InChI=1S/C10H16N4O2S/c1-3-15-10-11-8(9(17)16-12-10)14-6-4-13(2)5-7-14/h3-7H2,1-2H3. The quantitative estimate of drug-likeness (QED) is 0.746. The van der Waals surface area contributed by atoms with Crippen LogP contribution >= 0.6 is 12.2 Å². The van der Waals surface area contributed by atoms with Gasteiger partial charge in [-0.05, 0) is 31.3 Å². The van der Waals surface area contributed by atoms with Crippen LogP contribution < -0.4 is 9.64 Å². The highest BCUT2D eigenvalue weighted by molar-refractivity contribution is 7.71. The number of ether oxygens (including phenoxy) is 1. The van der Waals surface area contributed by atoms with Gasteiger partial charge in [-0.2, -0.15) is 4.98 Å². The highest BCUT2D eigenvalue weighted by Crippen LogP contribution is 2.17. The van der Waals surface area contributed by atoms with Crippen molar-refractivity contribution in [3.8, 4) is 6.01 Å². The minimum atomic E-state index is 0.245. The molecule has 0 aromatic carbocycles. The van der Waals surface area contributed by atoms with Crippen LogP contribution in [-0.4, -0.2) is 54.9 Å². The first-order valence-electron chi connectivity index (χ1n) is 5.65. The maximum Gasteiger partial charge on any atom is 0.353 e. The number of aromatic nitrogens is 2. The second-order valence-corrected chi connectivity index (χ2v) is 4.28. The molecule has 2 rings (SSSR count). The van der Waals surface area contributed by atoms with E-state index < -0.39 is 0 Å². The lowest BCUT2D eigenvalue weighted by molar-refractivity contribution is 0.253. The molecule has 0 bridgehead atoms. The highest BCUT2D eigenvalue weighted by Gasteiger charge is 2.18. The number of nitrogens with zero attached hydrogens (tertiary/aromatic N) is 4. The molecule has 6 nitrogen and oxygen atoms in total. The van der Waals surface area contributed by atoms with Crippen molar-refractivity contribution >= 4 is 18.0 Å². The van der Waals surface area contributed by atoms with Crippen LogP contribution in [0.3, 0.4) is 0 Å². The van der Waals surface area contributed by atoms with Crippen molar-refractivity contribution in [3.05, 3.63) is 4.71 Å². The van der Waals surface area contributed by atoms with Gasteiger partial charge in [0.1, 0.15) is 0 Å². The van der Waals surface area contributed by atoms with E-state index in [9.17, 15) is 0 Å². The lowest BCUT2D eigenvalue weighted by Crippen LogP contribution is -2.45. The molecule has 7 heteroatoms. The molecule has 94 valence electrons. The van der Waals surface area contributed by atoms with E-state index in [1.54, 1.807) is 0 Å². The van der Waals surface area contributed by atoms with Gasteiger partial charge >= 0.3 is 6.01 Å². The molecule has 1 aromatic rings. The second kappa shape index (κ2) is 5.42. The predicted molar refractivity (Wildman–Crippen MR) is 66.0 cm³/mol. The fourth-order valence-corrected chi connectivity index (χ4v) is 1.90. The molecule has 17 heavy (non-hydrogen) atoms. The molecule has 0 atom stereocenters. The molecule has 1 saturated heterocycles. The van der Waals surface area contributed by atoms with Gasteiger partial charge in [0, 0.05) is 26.2 Å². The van der Waals surface area contributed by atoms with Crippen molar-refractivity contribution in [2.75, 3.05) is 44.7 Å². The van der Waals surface area contributed by atoms with Crippen LogP contribution in [-0.2, 0) is 0 Å². The lowest BCUT2D eigenvalue weighted by atomic mass is 10.3. The summed E-state index contributed by atoms with van der Waals surface area (Å²) in [6, 6.07) is 0.245. The molecule has 0 amide bonds. The molecule has 2 heterocycles. The van der Waals surface area contributed by atoms with Crippen molar-refractivity contribution in [2.24, 2.45) is 0 Å². The van der Waals surface area contributed by atoms with Crippen LogP contribution in [0.1, 0.15) is 6.92 Å². The van der Waals surface area contributed by atoms with E-state index in [1.807, 2.05) is 6.92 Å². The van der Waals surface area contributed by atoms with Crippen molar-refractivity contribution in [1.29, 1.82) is 0 Å². The summed E-state index contributed by atoms with van der Waals surface area (Å²) in [6.45, 7) is 6.14. The van der Waals surface area contributed by atoms with Crippen LogP contribution in [0.2, 0.25) is 0 Å². The zero-order chi connectivity index (χ0) is 12.3. The molecule has 1 aliphatic rings. The van der Waals surface area contributed by atoms with Gasteiger partial charge in [-0.3, -0.25) is 0 Å². The van der Waals surface area contributed by atoms with Crippen molar-refractivity contribution in [3.63, 3.8) is 0 Å². The number of piperazine rings is 1. The molecule has 0 unspecified atom stereocenters. The Morgan fingerprint density at radius 2 is 2.06 bits per heavy atom. The molecule has 0 spiro atoms. The fraction of sp³-hybridized carbons (Fsp3) is 0.700. The van der Waals surface area contributed by atoms with E-state index >= 15 is 0 Å². The largest absolute Gasteiger partial charge is 0.462 e. The van der Waals surface area contributed by atoms with E-state index in [1.165, 1.54) is 0 Å². The Kier molecular flexibility index (Phi) is 3.90. The summed E-state index contributed by atoms with van der Waals surface area (Å²) in [4.78, 5) is 8.66. The third kappa shape index (κ3) is 2.92. The topological polar surface area (TPSA) is 54.6 Å². The molecule has 0 aliphatic carbocycles. The van der Waals surface area contributed by atoms with Gasteiger partial charge in [0.2, 0.25) is 0 Å². The monoisotopic (exact) mass is 256 g/mol. The molecule has 1 aromatic heterocycles. The van der Waals surface area contributed by atoms with E-state index in [0.717, 1.165) is 26.2 Å². The van der Waals surface area contributed by atoms with Gasteiger partial charge in [0.05, 0.1) is 6.61 Å². The Hall–Kier alpha value is -1.21. The second-order valence-electron chi connectivity index (χ2n) is 3.91. The number of likely N-dealkylation sites (N-methyl/N-ethyl adjacent to an activating group) is 1. The SMILES string of the molecule is CCOc1noc(=S)c(N2CCN(C)CC2)n1. The van der Waals surface area contributed by atoms with Crippen LogP contribution in [0, 0.1) is 4.71 Å². The molecule has 0 saturated carbocycles. The first kappa shape index (κ1) is 12.3. The minimum Gasteiger partial charge on any atom is -0.462 e. The number of hydrogen-bond acceptors (Lipinski definition) is 7. The zero-order valence-corrected chi connectivity index (χ0v) is 10.9. The van der Waals surface area contributed by atoms with Crippen molar-refractivity contribution < 1.29 is 9.26 Å². The van der Waals surface area contributed by atoms with E-state index in [-0.39, 0.29) is 6.01 Å².